The van der Waals surface area contributed by atoms with Crippen LogP contribution in [0.15, 0.2) is 11.6 Å². The SMILES string of the molecule is C[C@H](CC[C@@]1(O)O[C@H]2C[C@H]3[C@@H]4CC=C5C[C@@H](O[C@@H]6O[C@H](CO)[C@@H](O[C@@H]7O[C@H](CO)[C@@H](O)[C@H](O[C@@H]8O[C@H](CO)[C@@H](O)[C@H](O)[C@H]8O)[C@H]7O)[C@H](O)[C@H]6O[C@@H]6O[C@@H](C)[C@H](O)[C@@H](O)[C@H]6O)CC[C@]5(C)[C@H]4CC[C@]3(C)[C@H]2[C@@H]1C)CO[C@@H]1O[C@H](CO)[C@@H](O)[C@H](O)[C@H]1O. The Morgan fingerprint density at radius 2 is 1.09 bits per heavy atom. The van der Waals surface area contributed by atoms with Crippen molar-refractivity contribution in [2.45, 2.75) is 264 Å². The van der Waals surface area contributed by atoms with Crippen LogP contribution in [0.5, 0.6) is 0 Å². The summed E-state index contributed by atoms with van der Waals surface area (Å²) in [4.78, 5) is 0. The van der Waals surface area contributed by atoms with E-state index in [1.807, 2.05) is 6.92 Å². The van der Waals surface area contributed by atoms with Gasteiger partial charge in [-0.05, 0) is 98.7 Å². The summed E-state index contributed by atoms with van der Waals surface area (Å²) in [5.41, 5.74) is 0.880. The minimum absolute atomic E-state index is 0.106. The van der Waals surface area contributed by atoms with Gasteiger partial charge in [0.05, 0.1) is 51.3 Å². The van der Waals surface area contributed by atoms with E-state index in [1.165, 1.54) is 12.5 Å². The molecule has 9 fully saturated rings. The molecule has 0 amide bonds. The summed E-state index contributed by atoms with van der Waals surface area (Å²) < 4.78 is 66.2. The number of hydrogen-bond donors (Lipinski definition) is 17. The van der Waals surface area contributed by atoms with Crippen molar-refractivity contribution in [1.29, 1.82) is 0 Å². The van der Waals surface area contributed by atoms with Gasteiger partial charge in [-0.2, -0.15) is 0 Å². The van der Waals surface area contributed by atoms with Crippen molar-refractivity contribution in [3.05, 3.63) is 11.6 Å². The van der Waals surface area contributed by atoms with Gasteiger partial charge in [-0.1, -0.05) is 39.3 Å². The Labute approximate surface area is 492 Å². The topological polar surface area (TPSA) is 445 Å². The normalized spacial score (nSPS) is 54.8. The van der Waals surface area contributed by atoms with Crippen molar-refractivity contribution in [1.82, 2.24) is 0 Å². The van der Waals surface area contributed by atoms with E-state index in [4.69, 9.17) is 52.1 Å². The Bertz CT molecular complexity index is 2240. The summed E-state index contributed by atoms with van der Waals surface area (Å²) in [5, 5.41) is 183. The van der Waals surface area contributed by atoms with Crippen LogP contribution in [-0.2, 0) is 52.1 Å². The Kier molecular flexibility index (Phi) is 20.6. The van der Waals surface area contributed by atoms with E-state index >= 15 is 0 Å². The van der Waals surface area contributed by atoms with Gasteiger partial charge in [0, 0.05) is 12.3 Å². The summed E-state index contributed by atoms with van der Waals surface area (Å²) in [6, 6.07) is 0. The molecule has 17 N–H and O–H groups in total. The minimum atomic E-state index is -2.04. The van der Waals surface area contributed by atoms with E-state index in [-0.39, 0.29) is 41.3 Å². The van der Waals surface area contributed by atoms with E-state index in [1.54, 1.807) is 0 Å². The van der Waals surface area contributed by atoms with Crippen LogP contribution < -0.4 is 0 Å². The maximum Gasteiger partial charge on any atom is 0.187 e. The third-order valence-corrected chi connectivity index (χ3v) is 21.6. The Morgan fingerprint density at radius 1 is 0.553 bits per heavy atom. The molecule has 28 heteroatoms. The predicted octanol–water partition coefficient (Wildman–Crippen LogP) is -5.18. The van der Waals surface area contributed by atoms with Gasteiger partial charge < -0.3 is 139 Å². The highest BCUT2D eigenvalue weighted by Gasteiger charge is 2.68. The summed E-state index contributed by atoms with van der Waals surface area (Å²) in [5.74, 6) is -0.555. The monoisotopic (exact) mass is 1230 g/mol. The first-order chi connectivity index (χ1) is 40.2. The van der Waals surface area contributed by atoms with Gasteiger partial charge in [0.2, 0.25) is 0 Å². The molecule has 0 unspecified atom stereocenters. The number of rotatable bonds is 18. The highest BCUT2D eigenvalue weighted by molar-refractivity contribution is 5.26. The standard InChI is InChI=1S/C57H94O28/c1-21(20-75-50-42(69)40(67)36(63)30(16-58)78-50)8-13-57(74)22(2)34-29(85-57)15-28-26-7-6-24-14-25(9-11-55(24,4)27(26)10-12-56(28,34)5)77-54-49(84-51-43(70)39(66)35(62)23(3)76-51)45(72)47(33(19-61)81-54)82-53-46(73)48(38(65)32(18-60)80-53)83-52-44(71)41(68)37(64)31(17-59)79-52/h6,21-23,25-54,58-74H,7-20H2,1-5H3/t21-,22+,23+,25+,26-,27+,28+,29+,30-,31-,32-,33-,34+,35+,36-,37-,38-,39-,40+,41+,42-,43-,44-,45+,46-,47-,48+,49-,50-,51+,52+,53+,54-,55+,56+,57-/m1/s1. The first-order valence-corrected chi connectivity index (χ1v) is 30.4. The molecule has 0 aromatic carbocycles. The second kappa shape index (κ2) is 26.3. The number of aliphatic hydroxyl groups is 17. The second-order valence-electron chi connectivity index (χ2n) is 26.6. The van der Waals surface area contributed by atoms with E-state index in [2.05, 4.69) is 26.8 Å². The Balaban J connectivity index is 0.803. The van der Waals surface area contributed by atoms with Gasteiger partial charge in [0.25, 0.3) is 0 Å². The van der Waals surface area contributed by atoms with Gasteiger partial charge in [0.15, 0.2) is 37.2 Å². The first kappa shape index (κ1) is 66.5. The molecule has 36 atom stereocenters. The number of aliphatic hydroxyl groups excluding tert-OH is 16. The van der Waals surface area contributed by atoms with E-state index in [0.717, 1.165) is 32.1 Å². The largest absolute Gasteiger partial charge is 0.394 e. The molecule has 0 spiro atoms. The van der Waals surface area contributed by atoms with Crippen LogP contribution >= 0.6 is 0 Å². The zero-order chi connectivity index (χ0) is 61.5. The Morgan fingerprint density at radius 3 is 1.73 bits per heavy atom. The van der Waals surface area contributed by atoms with Crippen molar-refractivity contribution in [3.8, 4) is 0 Å². The van der Waals surface area contributed by atoms with Gasteiger partial charge >= 0.3 is 0 Å². The number of allylic oxidation sites excluding steroid dienone is 1. The lowest BCUT2D eigenvalue weighted by Crippen LogP contribution is -2.68. The van der Waals surface area contributed by atoms with E-state index < -0.39 is 192 Å². The molecule has 85 heavy (non-hydrogen) atoms. The minimum Gasteiger partial charge on any atom is -0.394 e. The molecule has 0 aromatic rings. The second-order valence-corrected chi connectivity index (χ2v) is 26.6. The molecule has 4 aliphatic carbocycles. The van der Waals surface area contributed by atoms with Crippen molar-refractivity contribution < 1.29 is 139 Å². The molecule has 0 bridgehead atoms. The first-order valence-electron chi connectivity index (χ1n) is 30.4. The lowest BCUT2D eigenvalue weighted by Gasteiger charge is -2.58. The molecular weight excluding hydrogens is 1130 g/mol. The van der Waals surface area contributed by atoms with Crippen molar-refractivity contribution in [3.63, 3.8) is 0 Å². The average molecular weight is 1230 g/mol. The molecule has 10 rings (SSSR count). The Hall–Kier alpha value is -1.38. The fourth-order valence-corrected chi connectivity index (χ4v) is 16.5. The lowest BCUT2D eigenvalue weighted by atomic mass is 9.47. The van der Waals surface area contributed by atoms with Crippen LogP contribution in [0, 0.1) is 46.3 Å². The molecule has 490 valence electrons. The van der Waals surface area contributed by atoms with Crippen LogP contribution in [0.1, 0.15) is 92.4 Å². The zero-order valence-corrected chi connectivity index (χ0v) is 48.6. The summed E-state index contributed by atoms with van der Waals surface area (Å²) >= 11 is 0. The fraction of sp³-hybridized carbons (Fsp3) is 0.965. The molecule has 6 heterocycles. The van der Waals surface area contributed by atoms with Crippen LogP contribution in [0.25, 0.3) is 0 Å². The van der Waals surface area contributed by atoms with Crippen LogP contribution in [-0.4, -0.2) is 291 Å². The summed E-state index contributed by atoms with van der Waals surface area (Å²) in [6.45, 7) is 7.16. The molecule has 28 nitrogen and oxygen atoms in total. The van der Waals surface area contributed by atoms with Gasteiger partial charge in [-0.25, -0.2) is 0 Å². The quantitative estimate of drug-likeness (QED) is 0.0571. The summed E-state index contributed by atoms with van der Waals surface area (Å²) in [7, 11) is 0. The molecular formula is C57H94O28. The smallest absolute Gasteiger partial charge is 0.187 e. The zero-order valence-electron chi connectivity index (χ0n) is 48.6. The predicted molar refractivity (Wildman–Crippen MR) is 283 cm³/mol. The molecule has 10 aliphatic rings. The van der Waals surface area contributed by atoms with Crippen molar-refractivity contribution >= 4 is 0 Å². The van der Waals surface area contributed by atoms with E-state index in [0.29, 0.717) is 43.4 Å². The highest BCUT2D eigenvalue weighted by atomic mass is 16.8. The maximum absolute atomic E-state index is 12.4. The third-order valence-electron chi connectivity index (χ3n) is 21.6. The van der Waals surface area contributed by atoms with Gasteiger partial charge in [-0.3, -0.25) is 0 Å². The van der Waals surface area contributed by atoms with Gasteiger partial charge in [-0.15, -0.1) is 0 Å². The third kappa shape index (κ3) is 12.2. The highest BCUT2D eigenvalue weighted by Crippen LogP contribution is 2.70. The van der Waals surface area contributed by atoms with Crippen molar-refractivity contribution in [2.75, 3.05) is 33.0 Å². The average Bonchev–Trinajstić information content (AvgIpc) is 1.60. The maximum atomic E-state index is 12.4. The number of ether oxygens (including phenoxy) is 11. The molecule has 3 saturated carbocycles. The number of hydrogen-bond acceptors (Lipinski definition) is 28. The van der Waals surface area contributed by atoms with Gasteiger partial charge in [0.1, 0.15) is 116 Å². The van der Waals surface area contributed by atoms with Crippen LogP contribution in [0.3, 0.4) is 0 Å². The fourth-order valence-electron chi connectivity index (χ4n) is 16.5. The van der Waals surface area contributed by atoms with E-state index in [9.17, 15) is 86.8 Å². The molecule has 0 radical (unpaired) electrons. The van der Waals surface area contributed by atoms with Crippen LogP contribution in [0.4, 0.5) is 0 Å². The molecule has 6 aliphatic heterocycles. The van der Waals surface area contributed by atoms with Crippen LogP contribution in [0.2, 0.25) is 0 Å². The molecule has 6 saturated heterocycles. The van der Waals surface area contributed by atoms with Crippen molar-refractivity contribution in [2.24, 2.45) is 46.3 Å². The lowest BCUT2D eigenvalue weighted by molar-refractivity contribution is -0.396. The molecule has 0 aromatic heterocycles. The summed E-state index contributed by atoms with van der Waals surface area (Å²) in [6.07, 6.45) is -33.3. The number of fused-ring (bicyclic) bond motifs is 7.